The number of methoxy groups -OCH3 is 1. The molecule has 1 aromatic heterocycles. The van der Waals surface area contributed by atoms with Gasteiger partial charge in [-0.1, -0.05) is 6.07 Å². The van der Waals surface area contributed by atoms with Crippen LogP contribution in [0.5, 0.6) is 5.88 Å². The number of carbonyl (C=O) groups excluding carboxylic acids is 1. The van der Waals surface area contributed by atoms with Crippen molar-refractivity contribution in [1.29, 1.82) is 0 Å². The largest absolute Gasteiger partial charge is 0.478 e. The first-order valence-corrected chi connectivity index (χ1v) is 6.96. The van der Waals surface area contributed by atoms with Crippen molar-refractivity contribution in [3.63, 3.8) is 0 Å². The van der Waals surface area contributed by atoms with E-state index in [1.807, 2.05) is 0 Å². The van der Waals surface area contributed by atoms with Crippen molar-refractivity contribution in [3.05, 3.63) is 47.8 Å². The first-order valence-electron chi connectivity index (χ1n) is 6.96. The van der Waals surface area contributed by atoms with Gasteiger partial charge in [-0.25, -0.2) is 18.7 Å². The fourth-order valence-electron chi connectivity index (χ4n) is 2.44. The zero-order valence-corrected chi connectivity index (χ0v) is 12.2. The van der Waals surface area contributed by atoms with Gasteiger partial charge in [-0.15, -0.1) is 0 Å². The third-order valence-electron chi connectivity index (χ3n) is 3.66. The summed E-state index contributed by atoms with van der Waals surface area (Å²) >= 11 is 0. The minimum Gasteiger partial charge on any atom is -0.478 e. The fourth-order valence-corrected chi connectivity index (χ4v) is 2.44. The summed E-state index contributed by atoms with van der Waals surface area (Å²) in [4.78, 5) is 20.0. The average molecular weight is 320 g/mol. The third-order valence-corrected chi connectivity index (χ3v) is 3.66. The number of nitrogens with one attached hydrogen (secondary N) is 2. The molecule has 0 spiro atoms. The van der Waals surface area contributed by atoms with Crippen molar-refractivity contribution < 1.29 is 18.3 Å². The molecule has 0 unspecified atom stereocenters. The lowest BCUT2D eigenvalue weighted by molar-refractivity contribution is -0.121. The maximum Gasteiger partial charge on any atom is 0.258 e. The Balaban J connectivity index is 1.63. The summed E-state index contributed by atoms with van der Waals surface area (Å²) in [5, 5.41) is 0. The van der Waals surface area contributed by atoms with Gasteiger partial charge in [-0.3, -0.25) is 15.6 Å². The van der Waals surface area contributed by atoms with Crippen molar-refractivity contribution in [3.8, 4) is 5.88 Å². The van der Waals surface area contributed by atoms with Gasteiger partial charge in [0.1, 0.15) is 11.6 Å². The summed E-state index contributed by atoms with van der Waals surface area (Å²) < 4.78 is 32.4. The standard InChI is InChI=1S/C15H14F2N4O2/c1-23-15-13(18-5-6-19-15)20-21-14(22)9-7-8(9)12-10(16)3-2-4-11(12)17/h2-6,8-9H,7H2,1H3,(H,18,20)(H,21,22)/t8-,9+/m1/s1. The van der Waals surface area contributed by atoms with Gasteiger partial charge < -0.3 is 4.74 Å². The van der Waals surface area contributed by atoms with Crippen LogP contribution in [-0.2, 0) is 4.79 Å². The molecule has 8 heteroatoms. The van der Waals surface area contributed by atoms with E-state index in [2.05, 4.69) is 20.8 Å². The molecular formula is C15H14F2N4O2. The predicted octanol–water partition coefficient (Wildman–Crippen LogP) is 2.01. The molecule has 1 heterocycles. The molecule has 120 valence electrons. The van der Waals surface area contributed by atoms with Crippen molar-refractivity contribution in [2.45, 2.75) is 12.3 Å². The fraction of sp³-hybridized carbons (Fsp3) is 0.267. The summed E-state index contributed by atoms with van der Waals surface area (Å²) in [6.07, 6.45) is 3.28. The highest BCUT2D eigenvalue weighted by Gasteiger charge is 2.46. The highest BCUT2D eigenvalue weighted by molar-refractivity contribution is 5.84. The monoisotopic (exact) mass is 320 g/mol. The van der Waals surface area contributed by atoms with Crippen LogP contribution in [0.2, 0.25) is 0 Å². The molecule has 0 saturated heterocycles. The number of rotatable bonds is 5. The second kappa shape index (κ2) is 6.15. The van der Waals surface area contributed by atoms with E-state index in [1.165, 1.54) is 37.7 Å². The van der Waals surface area contributed by atoms with Crippen LogP contribution in [0.15, 0.2) is 30.6 Å². The molecule has 2 aromatic rings. The number of amides is 1. The Kier molecular flexibility index (Phi) is 4.05. The summed E-state index contributed by atoms with van der Waals surface area (Å²) in [7, 11) is 1.43. The summed E-state index contributed by atoms with van der Waals surface area (Å²) in [5.41, 5.74) is 5.02. The van der Waals surface area contributed by atoms with Crippen LogP contribution < -0.4 is 15.6 Å². The lowest BCUT2D eigenvalue weighted by Crippen LogP contribution is -2.31. The molecule has 1 aromatic carbocycles. The molecule has 1 fully saturated rings. The molecule has 0 bridgehead atoms. The van der Waals surface area contributed by atoms with Gasteiger partial charge in [0.15, 0.2) is 0 Å². The quantitative estimate of drug-likeness (QED) is 0.824. The van der Waals surface area contributed by atoms with Gasteiger partial charge in [-0.05, 0) is 18.6 Å². The molecule has 1 aliphatic rings. The van der Waals surface area contributed by atoms with Crippen molar-refractivity contribution >= 4 is 11.7 Å². The Morgan fingerprint density at radius 3 is 2.65 bits per heavy atom. The topological polar surface area (TPSA) is 76.1 Å². The van der Waals surface area contributed by atoms with Gasteiger partial charge in [0.25, 0.3) is 5.88 Å². The molecule has 23 heavy (non-hydrogen) atoms. The number of nitrogens with zero attached hydrogens (tertiary/aromatic N) is 2. The van der Waals surface area contributed by atoms with E-state index in [0.717, 1.165) is 0 Å². The number of hydrogen-bond acceptors (Lipinski definition) is 5. The number of hydrogen-bond donors (Lipinski definition) is 2. The van der Waals surface area contributed by atoms with E-state index in [-0.39, 0.29) is 23.2 Å². The zero-order chi connectivity index (χ0) is 16.4. The Morgan fingerprint density at radius 2 is 1.96 bits per heavy atom. The van der Waals surface area contributed by atoms with Crippen LogP contribution in [0.3, 0.4) is 0 Å². The van der Waals surface area contributed by atoms with E-state index >= 15 is 0 Å². The molecule has 0 radical (unpaired) electrons. The first-order chi connectivity index (χ1) is 11.1. The molecule has 1 aliphatic carbocycles. The minimum atomic E-state index is -0.631. The smallest absolute Gasteiger partial charge is 0.258 e. The molecule has 2 atom stereocenters. The van der Waals surface area contributed by atoms with Gasteiger partial charge in [0, 0.05) is 29.8 Å². The average Bonchev–Trinajstić information content (AvgIpc) is 3.33. The van der Waals surface area contributed by atoms with Crippen LogP contribution in [0, 0.1) is 17.6 Å². The molecule has 1 saturated carbocycles. The van der Waals surface area contributed by atoms with Crippen molar-refractivity contribution in [1.82, 2.24) is 15.4 Å². The molecule has 0 aliphatic heterocycles. The number of aromatic nitrogens is 2. The van der Waals surface area contributed by atoms with Crippen LogP contribution in [0.4, 0.5) is 14.6 Å². The number of benzene rings is 1. The number of anilines is 1. The Labute approximate surface area is 130 Å². The first kappa shape index (κ1) is 15.1. The number of halogens is 2. The van der Waals surface area contributed by atoms with Gasteiger partial charge in [-0.2, -0.15) is 0 Å². The van der Waals surface area contributed by atoms with E-state index in [1.54, 1.807) is 0 Å². The van der Waals surface area contributed by atoms with E-state index < -0.39 is 23.5 Å². The number of carbonyl (C=O) groups is 1. The predicted molar refractivity (Wildman–Crippen MR) is 77.6 cm³/mol. The van der Waals surface area contributed by atoms with Gasteiger partial charge in [0.05, 0.1) is 7.11 Å². The highest BCUT2D eigenvalue weighted by atomic mass is 19.1. The number of hydrazine groups is 1. The summed E-state index contributed by atoms with van der Waals surface area (Å²) in [5.74, 6) is -2.11. The van der Waals surface area contributed by atoms with Gasteiger partial charge in [0.2, 0.25) is 11.7 Å². The Hall–Kier alpha value is -2.77. The van der Waals surface area contributed by atoms with Crippen LogP contribution in [0.25, 0.3) is 0 Å². The van der Waals surface area contributed by atoms with E-state index in [0.29, 0.717) is 6.42 Å². The Morgan fingerprint density at radius 1 is 1.26 bits per heavy atom. The zero-order valence-electron chi connectivity index (χ0n) is 12.2. The minimum absolute atomic E-state index is 0.0373. The van der Waals surface area contributed by atoms with Crippen LogP contribution in [-0.4, -0.2) is 23.0 Å². The Bertz CT molecular complexity index is 721. The van der Waals surface area contributed by atoms with Crippen LogP contribution >= 0.6 is 0 Å². The van der Waals surface area contributed by atoms with Crippen molar-refractivity contribution in [2.75, 3.05) is 12.5 Å². The van der Waals surface area contributed by atoms with E-state index in [4.69, 9.17) is 4.74 Å². The third kappa shape index (κ3) is 3.05. The second-order valence-electron chi connectivity index (χ2n) is 5.11. The molecule has 6 nitrogen and oxygen atoms in total. The highest BCUT2D eigenvalue weighted by Crippen LogP contribution is 2.49. The van der Waals surface area contributed by atoms with Crippen LogP contribution in [0.1, 0.15) is 17.9 Å². The lowest BCUT2D eigenvalue weighted by Gasteiger charge is -2.10. The molecular weight excluding hydrogens is 306 g/mol. The molecule has 3 rings (SSSR count). The molecule has 2 N–H and O–H groups in total. The summed E-state index contributed by atoms with van der Waals surface area (Å²) in [6, 6.07) is 3.68. The SMILES string of the molecule is COc1nccnc1NNC(=O)[C@H]1C[C@H]1c1c(F)cccc1F. The van der Waals surface area contributed by atoms with Gasteiger partial charge >= 0.3 is 0 Å². The normalized spacial score (nSPS) is 19.1. The maximum absolute atomic E-state index is 13.7. The second-order valence-corrected chi connectivity index (χ2v) is 5.11. The van der Waals surface area contributed by atoms with E-state index in [9.17, 15) is 13.6 Å². The van der Waals surface area contributed by atoms with Crippen molar-refractivity contribution in [2.24, 2.45) is 5.92 Å². The maximum atomic E-state index is 13.7. The molecule has 1 amide bonds. The summed E-state index contributed by atoms with van der Waals surface area (Å²) in [6.45, 7) is 0. The number of ether oxygens (including phenoxy) is 1. The lowest BCUT2D eigenvalue weighted by atomic mass is 10.1.